The molecule has 0 bridgehead atoms. The lowest BCUT2D eigenvalue weighted by Gasteiger charge is -2.08. The van der Waals surface area contributed by atoms with Gasteiger partial charge in [0.1, 0.15) is 5.82 Å². The normalized spacial score (nSPS) is 20.2. The monoisotopic (exact) mass is 151 g/mol. The third kappa shape index (κ3) is 1.16. The Balaban J connectivity index is 2.20. The molecule has 0 amide bonds. The van der Waals surface area contributed by atoms with E-state index in [9.17, 15) is 0 Å². The Kier molecular flexibility index (Phi) is 1.46. The minimum absolute atomic E-state index is 0.162. The summed E-state index contributed by atoms with van der Waals surface area (Å²) >= 11 is 0. The molecule has 1 aliphatic rings. The first-order chi connectivity index (χ1) is 5.29. The lowest BCUT2D eigenvalue weighted by atomic mass is 10.2. The summed E-state index contributed by atoms with van der Waals surface area (Å²) in [5, 5.41) is 0. The maximum atomic E-state index is 5.96. The van der Waals surface area contributed by atoms with E-state index < -0.39 is 0 Å². The van der Waals surface area contributed by atoms with E-state index in [2.05, 4.69) is 4.98 Å². The molecule has 0 saturated heterocycles. The number of imidazole rings is 1. The van der Waals surface area contributed by atoms with E-state index in [0.29, 0.717) is 5.92 Å². The van der Waals surface area contributed by atoms with Crippen molar-refractivity contribution in [1.82, 2.24) is 9.55 Å². The maximum absolute atomic E-state index is 5.96. The van der Waals surface area contributed by atoms with Crippen LogP contribution in [0, 0.1) is 5.92 Å². The molecule has 11 heavy (non-hydrogen) atoms. The third-order valence-electron chi connectivity index (χ3n) is 2.29. The van der Waals surface area contributed by atoms with Crippen molar-refractivity contribution in [3.63, 3.8) is 0 Å². The van der Waals surface area contributed by atoms with Crippen molar-refractivity contribution in [2.45, 2.75) is 18.9 Å². The molecule has 0 aromatic carbocycles. The summed E-state index contributed by atoms with van der Waals surface area (Å²) < 4.78 is 2.00. The van der Waals surface area contributed by atoms with Gasteiger partial charge in [-0.25, -0.2) is 4.98 Å². The van der Waals surface area contributed by atoms with Crippen LogP contribution in [0.1, 0.15) is 24.7 Å². The number of nitrogens with zero attached hydrogens (tertiary/aromatic N) is 2. The van der Waals surface area contributed by atoms with Crippen molar-refractivity contribution in [2.24, 2.45) is 18.7 Å². The smallest absolute Gasteiger partial charge is 0.125 e. The highest BCUT2D eigenvalue weighted by atomic mass is 15.1. The molecule has 60 valence electrons. The van der Waals surface area contributed by atoms with E-state index in [1.807, 2.05) is 17.8 Å². The Morgan fingerprint density at radius 1 is 1.73 bits per heavy atom. The van der Waals surface area contributed by atoms with Crippen molar-refractivity contribution >= 4 is 0 Å². The predicted molar refractivity (Wildman–Crippen MR) is 42.9 cm³/mol. The summed E-state index contributed by atoms with van der Waals surface area (Å²) in [6.45, 7) is 0. The van der Waals surface area contributed by atoms with Gasteiger partial charge in [-0.1, -0.05) is 0 Å². The van der Waals surface area contributed by atoms with Crippen LogP contribution in [0.2, 0.25) is 0 Å². The van der Waals surface area contributed by atoms with Crippen LogP contribution < -0.4 is 5.73 Å². The quantitative estimate of drug-likeness (QED) is 0.680. The summed E-state index contributed by atoms with van der Waals surface area (Å²) in [6.07, 6.45) is 6.29. The first kappa shape index (κ1) is 6.85. The number of rotatable bonds is 2. The number of hydrogen-bond donors (Lipinski definition) is 1. The topological polar surface area (TPSA) is 43.8 Å². The molecule has 0 unspecified atom stereocenters. The van der Waals surface area contributed by atoms with Crippen LogP contribution in [-0.4, -0.2) is 9.55 Å². The SMILES string of the molecule is Cn1ccnc1[C@H](N)C1CC1. The second-order valence-electron chi connectivity index (χ2n) is 3.26. The van der Waals surface area contributed by atoms with Gasteiger partial charge in [-0.2, -0.15) is 0 Å². The van der Waals surface area contributed by atoms with E-state index in [1.165, 1.54) is 12.8 Å². The molecule has 1 atom stereocenters. The van der Waals surface area contributed by atoms with E-state index in [4.69, 9.17) is 5.73 Å². The molecule has 1 saturated carbocycles. The minimum atomic E-state index is 0.162. The number of aromatic nitrogens is 2. The Bertz CT molecular complexity index is 250. The standard InChI is InChI=1S/C8H13N3/c1-11-5-4-10-8(11)7(9)6-2-3-6/h4-7H,2-3,9H2,1H3/t7-/m1/s1. The second-order valence-corrected chi connectivity index (χ2v) is 3.26. The van der Waals surface area contributed by atoms with Gasteiger partial charge in [0.05, 0.1) is 6.04 Å². The van der Waals surface area contributed by atoms with Crippen molar-refractivity contribution in [3.8, 4) is 0 Å². The van der Waals surface area contributed by atoms with Crippen LogP contribution >= 0.6 is 0 Å². The third-order valence-corrected chi connectivity index (χ3v) is 2.29. The minimum Gasteiger partial charge on any atom is -0.337 e. The molecule has 0 radical (unpaired) electrons. The molecule has 3 heteroatoms. The van der Waals surface area contributed by atoms with Crippen LogP contribution in [0.15, 0.2) is 12.4 Å². The molecule has 0 aliphatic heterocycles. The lowest BCUT2D eigenvalue weighted by molar-refractivity contribution is 0.570. The van der Waals surface area contributed by atoms with Crippen LogP contribution in [0.4, 0.5) is 0 Å². The Labute approximate surface area is 66.2 Å². The summed E-state index contributed by atoms with van der Waals surface area (Å²) in [5.41, 5.74) is 5.96. The first-order valence-corrected chi connectivity index (χ1v) is 4.02. The van der Waals surface area contributed by atoms with Gasteiger partial charge >= 0.3 is 0 Å². The van der Waals surface area contributed by atoms with Crippen LogP contribution in [0.3, 0.4) is 0 Å². The van der Waals surface area contributed by atoms with Crippen LogP contribution in [0.5, 0.6) is 0 Å². The molecular formula is C8H13N3. The number of hydrogen-bond acceptors (Lipinski definition) is 2. The van der Waals surface area contributed by atoms with E-state index in [-0.39, 0.29) is 6.04 Å². The van der Waals surface area contributed by atoms with E-state index in [0.717, 1.165) is 5.82 Å². The molecule has 0 spiro atoms. The fraction of sp³-hybridized carbons (Fsp3) is 0.625. The number of nitrogens with two attached hydrogens (primary N) is 1. The van der Waals surface area contributed by atoms with Gasteiger partial charge in [-0.15, -0.1) is 0 Å². The van der Waals surface area contributed by atoms with Crippen LogP contribution in [0.25, 0.3) is 0 Å². The van der Waals surface area contributed by atoms with Gasteiger partial charge in [0.15, 0.2) is 0 Å². The zero-order valence-corrected chi connectivity index (χ0v) is 6.70. The van der Waals surface area contributed by atoms with Gasteiger partial charge in [-0.05, 0) is 18.8 Å². The fourth-order valence-corrected chi connectivity index (χ4v) is 1.36. The van der Waals surface area contributed by atoms with Crippen molar-refractivity contribution in [3.05, 3.63) is 18.2 Å². The highest BCUT2D eigenvalue weighted by Gasteiger charge is 2.31. The average molecular weight is 151 g/mol. The maximum Gasteiger partial charge on any atom is 0.125 e. The fourth-order valence-electron chi connectivity index (χ4n) is 1.36. The zero-order valence-electron chi connectivity index (χ0n) is 6.70. The molecular weight excluding hydrogens is 138 g/mol. The summed E-state index contributed by atoms with van der Waals surface area (Å²) in [4.78, 5) is 4.21. The van der Waals surface area contributed by atoms with Crippen molar-refractivity contribution in [2.75, 3.05) is 0 Å². The van der Waals surface area contributed by atoms with Gasteiger partial charge < -0.3 is 10.3 Å². The highest BCUT2D eigenvalue weighted by molar-refractivity contribution is 5.02. The average Bonchev–Trinajstić information content (AvgIpc) is 2.74. The largest absolute Gasteiger partial charge is 0.337 e. The van der Waals surface area contributed by atoms with E-state index >= 15 is 0 Å². The Morgan fingerprint density at radius 2 is 2.45 bits per heavy atom. The molecule has 2 rings (SSSR count). The lowest BCUT2D eigenvalue weighted by Crippen LogP contribution is -2.16. The van der Waals surface area contributed by atoms with Crippen molar-refractivity contribution in [1.29, 1.82) is 0 Å². The molecule has 2 N–H and O–H groups in total. The Morgan fingerprint density at radius 3 is 2.91 bits per heavy atom. The molecule has 1 aromatic heterocycles. The van der Waals surface area contributed by atoms with Gasteiger partial charge in [0.25, 0.3) is 0 Å². The molecule has 1 heterocycles. The first-order valence-electron chi connectivity index (χ1n) is 4.02. The Hall–Kier alpha value is -0.830. The molecule has 1 aliphatic carbocycles. The molecule has 1 aromatic rings. The summed E-state index contributed by atoms with van der Waals surface area (Å²) in [6, 6.07) is 0.162. The summed E-state index contributed by atoms with van der Waals surface area (Å²) in [7, 11) is 1.99. The second kappa shape index (κ2) is 2.34. The van der Waals surface area contributed by atoms with Gasteiger partial charge in [0, 0.05) is 19.4 Å². The highest BCUT2D eigenvalue weighted by Crippen LogP contribution is 2.38. The molecule has 3 nitrogen and oxygen atoms in total. The summed E-state index contributed by atoms with van der Waals surface area (Å²) in [5.74, 6) is 1.71. The number of aryl methyl sites for hydroxylation is 1. The van der Waals surface area contributed by atoms with Gasteiger partial charge in [0.2, 0.25) is 0 Å². The van der Waals surface area contributed by atoms with Crippen molar-refractivity contribution < 1.29 is 0 Å². The predicted octanol–water partition coefficient (Wildman–Crippen LogP) is 0.830. The molecule has 1 fully saturated rings. The van der Waals surface area contributed by atoms with E-state index in [1.54, 1.807) is 6.20 Å². The van der Waals surface area contributed by atoms with Crippen LogP contribution in [-0.2, 0) is 7.05 Å². The zero-order chi connectivity index (χ0) is 7.84. The van der Waals surface area contributed by atoms with Gasteiger partial charge in [-0.3, -0.25) is 0 Å².